The standard InChI is InChI=1S/C20H19Br2NO4/c1-23(2)19(25)12-27-16-7-4-13(5-8-16)18(24)9-6-14-10-15(21)11-17(22)20(14)26-3/h4-11H,12H2,1-3H3/b9-6+. The van der Waals surface area contributed by atoms with E-state index >= 15 is 0 Å². The minimum absolute atomic E-state index is 0.0439. The van der Waals surface area contributed by atoms with Gasteiger partial charge in [-0.05, 0) is 64.5 Å². The molecule has 27 heavy (non-hydrogen) atoms. The fourth-order valence-electron chi connectivity index (χ4n) is 2.17. The van der Waals surface area contributed by atoms with Crippen molar-refractivity contribution in [3.8, 4) is 11.5 Å². The topological polar surface area (TPSA) is 55.8 Å². The van der Waals surface area contributed by atoms with Gasteiger partial charge in [-0.15, -0.1) is 0 Å². The summed E-state index contributed by atoms with van der Waals surface area (Å²) in [6.07, 6.45) is 3.19. The van der Waals surface area contributed by atoms with E-state index in [-0.39, 0.29) is 18.3 Å². The maximum absolute atomic E-state index is 12.4. The molecule has 0 aliphatic heterocycles. The van der Waals surface area contributed by atoms with E-state index in [1.165, 1.54) is 11.0 Å². The van der Waals surface area contributed by atoms with Gasteiger partial charge in [-0.1, -0.05) is 15.9 Å². The molecule has 0 aliphatic rings. The van der Waals surface area contributed by atoms with Crippen LogP contribution in [0.1, 0.15) is 15.9 Å². The summed E-state index contributed by atoms with van der Waals surface area (Å²) in [5, 5.41) is 0. The van der Waals surface area contributed by atoms with Crippen molar-refractivity contribution in [3.05, 3.63) is 62.5 Å². The summed E-state index contributed by atoms with van der Waals surface area (Å²) in [7, 11) is 4.91. The molecule has 5 nitrogen and oxygen atoms in total. The van der Waals surface area contributed by atoms with E-state index in [2.05, 4.69) is 31.9 Å². The average Bonchev–Trinajstić information content (AvgIpc) is 2.64. The van der Waals surface area contributed by atoms with Crippen LogP contribution in [0.15, 0.2) is 51.4 Å². The summed E-state index contributed by atoms with van der Waals surface area (Å²) in [5.41, 5.74) is 1.29. The van der Waals surface area contributed by atoms with Gasteiger partial charge in [-0.3, -0.25) is 9.59 Å². The summed E-state index contributed by atoms with van der Waals surface area (Å²) < 4.78 is 12.4. The van der Waals surface area contributed by atoms with Crippen LogP contribution in [-0.4, -0.2) is 44.4 Å². The second kappa shape index (κ2) is 9.71. The first-order valence-electron chi connectivity index (χ1n) is 8.00. The molecule has 0 aliphatic carbocycles. The Hall–Kier alpha value is -2.12. The summed E-state index contributed by atoms with van der Waals surface area (Å²) >= 11 is 6.86. The van der Waals surface area contributed by atoms with Crippen LogP contribution in [0.25, 0.3) is 6.08 Å². The number of ketones is 1. The van der Waals surface area contributed by atoms with Gasteiger partial charge < -0.3 is 14.4 Å². The molecule has 142 valence electrons. The van der Waals surface area contributed by atoms with Gasteiger partial charge in [0, 0.05) is 29.7 Å². The highest BCUT2D eigenvalue weighted by Gasteiger charge is 2.09. The second-order valence-corrected chi connectivity index (χ2v) is 7.58. The first kappa shape index (κ1) is 21.2. The van der Waals surface area contributed by atoms with E-state index in [0.717, 1.165) is 14.5 Å². The molecule has 0 saturated heterocycles. The van der Waals surface area contributed by atoms with Gasteiger partial charge in [0.2, 0.25) is 0 Å². The number of benzene rings is 2. The quantitative estimate of drug-likeness (QED) is 0.415. The third-order valence-electron chi connectivity index (χ3n) is 3.66. The smallest absolute Gasteiger partial charge is 0.259 e. The van der Waals surface area contributed by atoms with Crippen molar-refractivity contribution in [3.63, 3.8) is 0 Å². The van der Waals surface area contributed by atoms with Crippen molar-refractivity contribution in [1.29, 1.82) is 0 Å². The molecule has 0 unspecified atom stereocenters. The lowest BCUT2D eigenvalue weighted by atomic mass is 10.1. The number of amides is 1. The first-order chi connectivity index (χ1) is 12.8. The van der Waals surface area contributed by atoms with E-state index in [1.807, 2.05) is 12.1 Å². The van der Waals surface area contributed by atoms with Crippen molar-refractivity contribution in [2.45, 2.75) is 0 Å². The monoisotopic (exact) mass is 495 g/mol. The van der Waals surface area contributed by atoms with Gasteiger partial charge in [-0.25, -0.2) is 0 Å². The molecular weight excluding hydrogens is 478 g/mol. The largest absolute Gasteiger partial charge is 0.495 e. The summed E-state index contributed by atoms with van der Waals surface area (Å²) in [4.78, 5) is 25.4. The predicted molar refractivity (Wildman–Crippen MR) is 112 cm³/mol. The SMILES string of the molecule is COc1c(Br)cc(Br)cc1/C=C/C(=O)c1ccc(OCC(=O)N(C)C)cc1. The lowest BCUT2D eigenvalue weighted by molar-refractivity contribution is -0.130. The molecule has 0 atom stereocenters. The van der Waals surface area contributed by atoms with E-state index in [4.69, 9.17) is 9.47 Å². The summed E-state index contributed by atoms with van der Waals surface area (Å²) in [6, 6.07) is 10.4. The van der Waals surface area contributed by atoms with Crippen LogP contribution in [0.4, 0.5) is 0 Å². The van der Waals surface area contributed by atoms with Crippen LogP contribution >= 0.6 is 31.9 Å². The van der Waals surface area contributed by atoms with Gasteiger partial charge in [0.15, 0.2) is 12.4 Å². The molecule has 2 rings (SSSR count). The number of carbonyl (C=O) groups is 2. The molecule has 0 spiro atoms. The number of halogens is 2. The van der Waals surface area contributed by atoms with Crippen molar-refractivity contribution in [2.24, 2.45) is 0 Å². The van der Waals surface area contributed by atoms with Crippen molar-refractivity contribution >= 4 is 49.6 Å². The van der Waals surface area contributed by atoms with Crippen LogP contribution in [0.5, 0.6) is 11.5 Å². The van der Waals surface area contributed by atoms with Gasteiger partial charge in [0.1, 0.15) is 11.5 Å². The zero-order chi connectivity index (χ0) is 20.0. The van der Waals surface area contributed by atoms with Gasteiger partial charge in [-0.2, -0.15) is 0 Å². The third kappa shape index (κ3) is 5.94. The number of nitrogens with zero attached hydrogens (tertiary/aromatic N) is 1. The Labute approximate surface area is 175 Å². The maximum Gasteiger partial charge on any atom is 0.259 e. The highest BCUT2D eigenvalue weighted by Crippen LogP contribution is 2.33. The Kier molecular flexibility index (Phi) is 7.62. The molecule has 7 heteroatoms. The number of rotatable bonds is 7. The average molecular weight is 497 g/mol. The van der Waals surface area contributed by atoms with Crippen LogP contribution in [0.2, 0.25) is 0 Å². The summed E-state index contributed by atoms with van der Waals surface area (Å²) in [6.45, 7) is -0.0439. The predicted octanol–water partition coefficient (Wildman–Crippen LogP) is 4.58. The van der Waals surface area contributed by atoms with E-state index in [9.17, 15) is 9.59 Å². The molecule has 0 aromatic heterocycles. The van der Waals surface area contributed by atoms with E-state index in [1.54, 1.807) is 51.5 Å². The molecule has 0 saturated carbocycles. The van der Waals surface area contributed by atoms with Crippen LogP contribution in [-0.2, 0) is 4.79 Å². The minimum Gasteiger partial charge on any atom is -0.495 e. The Balaban J connectivity index is 2.08. The van der Waals surface area contributed by atoms with Crippen LogP contribution in [0, 0.1) is 0 Å². The van der Waals surface area contributed by atoms with Gasteiger partial charge >= 0.3 is 0 Å². The summed E-state index contributed by atoms with van der Waals surface area (Å²) in [5.74, 6) is 0.899. The van der Waals surface area contributed by atoms with Crippen molar-refractivity contribution in [1.82, 2.24) is 4.90 Å². The lowest BCUT2D eigenvalue weighted by Crippen LogP contribution is -2.27. The molecule has 1 amide bonds. The van der Waals surface area contributed by atoms with E-state index in [0.29, 0.717) is 17.1 Å². The number of hydrogen-bond acceptors (Lipinski definition) is 4. The normalized spacial score (nSPS) is 10.7. The molecule has 0 fully saturated rings. The highest BCUT2D eigenvalue weighted by molar-refractivity contribution is 9.11. The van der Waals surface area contributed by atoms with Gasteiger partial charge in [0.05, 0.1) is 11.6 Å². The van der Waals surface area contributed by atoms with Crippen LogP contribution < -0.4 is 9.47 Å². The Morgan fingerprint density at radius 3 is 2.37 bits per heavy atom. The van der Waals surface area contributed by atoms with E-state index < -0.39 is 0 Å². The molecule has 0 bridgehead atoms. The molecule has 0 heterocycles. The van der Waals surface area contributed by atoms with Gasteiger partial charge in [0.25, 0.3) is 5.91 Å². The Bertz CT molecular complexity index is 861. The third-order valence-corrected chi connectivity index (χ3v) is 4.70. The second-order valence-electron chi connectivity index (χ2n) is 5.81. The first-order valence-corrected chi connectivity index (χ1v) is 9.59. The molecule has 2 aromatic rings. The molecule has 0 N–H and O–H groups in total. The maximum atomic E-state index is 12.4. The zero-order valence-electron chi connectivity index (χ0n) is 15.2. The minimum atomic E-state index is -0.149. The molecule has 0 radical (unpaired) electrons. The van der Waals surface area contributed by atoms with Crippen LogP contribution in [0.3, 0.4) is 0 Å². The van der Waals surface area contributed by atoms with Crippen molar-refractivity contribution < 1.29 is 19.1 Å². The number of hydrogen-bond donors (Lipinski definition) is 0. The highest BCUT2D eigenvalue weighted by atomic mass is 79.9. The lowest BCUT2D eigenvalue weighted by Gasteiger charge is -2.11. The number of ether oxygens (including phenoxy) is 2. The number of allylic oxidation sites excluding steroid dienone is 1. The Morgan fingerprint density at radius 2 is 1.78 bits per heavy atom. The van der Waals surface area contributed by atoms with Crippen molar-refractivity contribution in [2.75, 3.05) is 27.8 Å². The number of carbonyl (C=O) groups excluding carboxylic acids is 2. The Morgan fingerprint density at radius 1 is 1.11 bits per heavy atom. The zero-order valence-corrected chi connectivity index (χ0v) is 18.3. The number of likely N-dealkylation sites (N-methyl/N-ethyl adjacent to an activating group) is 1. The molecular formula is C20H19Br2NO4. The molecule has 2 aromatic carbocycles. The number of methoxy groups -OCH3 is 1. The fraction of sp³-hybridized carbons (Fsp3) is 0.200. The fourth-order valence-corrected chi connectivity index (χ4v) is 3.59.